The second-order valence-electron chi connectivity index (χ2n) is 5.62. The molecule has 0 aromatic heterocycles. The predicted molar refractivity (Wildman–Crippen MR) is 63.1 cm³/mol. The van der Waals surface area contributed by atoms with Crippen LogP contribution in [0.5, 0.6) is 0 Å². The van der Waals surface area contributed by atoms with Crippen molar-refractivity contribution in [1.29, 1.82) is 0 Å². The smallest absolute Gasteiger partial charge is 0.342 e. The fraction of sp³-hybridized carbons (Fsp3) is 0.769. The zero-order chi connectivity index (χ0) is 12.6. The van der Waals surface area contributed by atoms with Crippen molar-refractivity contribution in [3.8, 4) is 0 Å². The van der Waals surface area contributed by atoms with E-state index >= 15 is 0 Å². The van der Waals surface area contributed by atoms with Crippen molar-refractivity contribution in [2.24, 2.45) is 5.41 Å². The van der Waals surface area contributed by atoms with E-state index in [9.17, 15) is 4.79 Å². The lowest BCUT2D eigenvalue weighted by Gasteiger charge is -2.39. The van der Waals surface area contributed by atoms with Gasteiger partial charge in [-0.2, -0.15) is 0 Å². The predicted octanol–water partition coefficient (Wildman–Crippen LogP) is 2.70. The molecule has 2 atom stereocenters. The van der Waals surface area contributed by atoms with Gasteiger partial charge in [-0.25, -0.2) is 4.79 Å². The van der Waals surface area contributed by atoms with Crippen LogP contribution >= 0.6 is 0 Å². The molecule has 3 nitrogen and oxygen atoms in total. The molecule has 16 heavy (non-hydrogen) atoms. The van der Waals surface area contributed by atoms with E-state index in [0.717, 1.165) is 0 Å². The van der Waals surface area contributed by atoms with E-state index < -0.39 is 11.2 Å². The van der Waals surface area contributed by atoms with Crippen LogP contribution in [0.4, 0.5) is 0 Å². The zero-order valence-corrected chi connectivity index (χ0v) is 11.1. The Morgan fingerprint density at radius 3 is 2.25 bits per heavy atom. The SMILES string of the molecule is CCOC(=O)[C@]1(C)C=C[C@@](C)(C(C)(C)C)O1. The number of rotatable bonds is 2. The first-order valence-corrected chi connectivity index (χ1v) is 5.72. The maximum Gasteiger partial charge on any atom is 0.342 e. The van der Waals surface area contributed by atoms with Crippen molar-refractivity contribution in [3.05, 3.63) is 12.2 Å². The fourth-order valence-corrected chi connectivity index (χ4v) is 1.61. The minimum absolute atomic E-state index is 0.0618. The molecule has 0 amide bonds. The van der Waals surface area contributed by atoms with Crippen LogP contribution < -0.4 is 0 Å². The molecule has 1 aliphatic heterocycles. The van der Waals surface area contributed by atoms with Crippen molar-refractivity contribution in [3.63, 3.8) is 0 Å². The van der Waals surface area contributed by atoms with Crippen molar-refractivity contribution in [1.82, 2.24) is 0 Å². The topological polar surface area (TPSA) is 35.5 Å². The number of hydrogen-bond acceptors (Lipinski definition) is 3. The minimum atomic E-state index is -0.946. The third-order valence-electron chi connectivity index (χ3n) is 3.31. The van der Waals surface area contributed by atoms with Gasteiger partial charge in [-0.1, -0.05) is 26.8 Å². The Hall–Kier alpha value is -0.830. The molecule has 1 rings (SSSR count). The summed E-state index contributed by atoms with van der Waals surface area (Å²) in [7, 11) is 0. The highest BCUT2D eigenvalue weighted by molar-refractivity contribution is 5.82. The Morgan fingerprint density at radius 1 is 1.31 bits per heavy atom. The Labute approximate surface area is 97.8 Å². The second kappa shape index (κ2) is 3.88. The molecule has 0 bridgehead atoms. The molecule has 92 valence electrons. The van der Waals surface area contributed by atoms with E-state index in [2.05, 4.69) is 20.8 Å². The Morgan fingerprint density at radius 2 is 1.88 bits per heavy atom. The van der Waals surface area contributed by atoms with Crippen LogP contribution in [0.15, 0.2) is 12.2 Å². The summed E-state index contributed by atoms with van der Waals surface area (Å²) in [6, 6.07) is 0. The first kappa shape index (κ1) is 13.2. The number of carbonyl (C=O) groups is 1. The molecule has 3 heteroatoms. The van der Waals surface area contributed by atoms with Gasteiger partial charge in [0.25, 0.3) is 0 Å². The highest BCUT2D eigenvalue weighted by Gasteiger charge is 2.50. The monoisotopic (exact) mass is 226 g/mol. The quantitative estimate of drug-likeness (QED) is 0.536. The zero-order valence-electron chi connectivity index (χ0n) is 11.1. The minimum Gasteiger partial charge on any atom is -0.464 e. The van der Waals surface area contributed by atoms with Gasteiger partial charge < -0.3 is 9.47 Å². The van der Waals surface area contributed by atoms with Gasteiger partial charge >= 0.3 is 5.97 Å². The first-order valence-electron chi connectivity index (χ1n) is 5.72. The molecule has 1 heterocycles. The normalized spacial score (nSPS) is 34.1. The number of esters is 1. The van der Waals surface area contributed by atoms with Gasteiger partial charge in [-0.05, 0) is 32.3 Å². The van der Waals surface area contributed by atoms with Gasteiger partial charge in [0.1, 0.15) is 0 Å². The van der Waals surface area contributed by atoms with Crippen molar-refractivity contribution in [2.45, 2.75) is 52.7 Å². The van der Waals surface area contributed by atoms with Gasteiger partial charge in [-0.15, -0.1) is 0 Å². The van der Waals surface area contributed by atoms with E-state index in [1.807, 2.05) is 13.0 Å². The van der Waals surface area contributed by atoms with Crippen LogP contribution in [-0.2, 0) is 14.3 Å². The molecular formula is C13H22O3. The third-order valence-corrected chi connectivity index (χ3v) is 3.31. The summed E-state index contributed by atoms with van der Waals surface area (Å²) < 4.78 is 10.9. The summed E-state index contributed by atoms with van der Waals surface area (Å²) >= 11 is 0. The highest BCUT2D eigenvalue weighted by Crippen LogP contribution is 2.43. The Kier molecular flexibility index (Phi) is 3.21. The van der Waals surface area contributed by atoms with Gasteiger partial charge in [0.05, 0.1) is 12.2 Å². The average Bonchev–Trinajstić information content (AvgIpc) is 2.45. The number of ether oxygens (including phenoxy) is 2. The van der Waals surface area contributed by atoms with Crippen molar-refractivity contribution in [2.75, 3.05) is 6.61 Å². The van der Waals surface area contributed by atoms with Gasteiger partial charge in [-0.3, -0.25) is 0 Å². The molecule has 0 aliphatic carbocycles. The Balaban J connectivity index is 2.88. The summed E-state index contributed by atoms with van der Waals surface area (Å²) in [5.74, 6) is -0.320. The fourth-order valence-electron chi connectivity index (χ4n) is 1.61. The van der Waals surface area contributed by atoms with Crippen LogP contribution in [0.25, 0.3) is 0 Å². The second-order valence-corrected chi connectivity index (χ2v) is 5.62. The molecule has 0 radical (unpaired) electrons. The molecule has 0 aromatic carbocycles. The summed E-state index contributed by atoms with van der Waals surface area (Å²) in [6.07, 6.45) is 3.76. The largest absolute Gasteiger partial charge is 0.464 e. The van der Waals surface area contributed by atoms with Crippen LogP contribution in [0.3, 0.4) is 0 Å². The lowest BCUT2D eigenvalue weighted by atomic mass is 9.78. The molecule has 0 aromatic rings. The van der Waals surface area contributed by atoms with E-state index in [4.69, 9.17) is 9.47 Å². The molecule has 0 saturated carbocycles. The summed E-state index contributed by atoms with van der Waals surface area (Å²) in [5.41, 5.74) is -1.44. The molecular weight excluding hydrogens is 204 g/mol. The molecule has 0 spiro atoms. The van der Waals surface area contributed by atoms with E-state index in [-0.39, 0.29) is 11.4 Å². The number of carbonyl (C=O) groups excluding carboxylic acids is 1. The molecule has 0 unspecified atom stereocenters. The van der Waals surface area contributed by atoms with Gasteiger partial charge in [0.2, 0.25) is 0 Å². The van der Waals surface area contributed by atoms with Gasteiger partial charge in [0, 0.05) is 0 Å². The molecule has 0 N–H and O–H groups in total. The Bertz CT molecular complexity index is 314. The van der Waals surface area contributed by atoms with Crippen molar-refractivity contribution < 1.29 is 14.3 Å². The molecule has 0 saturated heterocycles. The molecule has 0 fully saturated rings. The maximum absolute atomic E-state index is 11.8. The third kappa shape index (κ3) is 2.14. The standard InChI is InChI=1S/C13H22O3/c1-7-15-10(14)12(5)8-9-13(6,16-12)11(2,3)4/h8-9H,7H2,1-6H3/t12-,13-/m0/s1. The van der Waals surface area contributed by atoms with Crippen LogP contribution in [-0.4, -0.2) is 23.8 Å². The van der Waals surface area contributed by atoms with Crippen LogP contribution in [0.2, 0.25) is 0 Å². The lowest BCUT2D eigenvalue weighted by molar-refractivity contribution is -0.180. The first-order chi connectivity index (χ1) is 7.15. The van der Waals surface area contributed by atoms with Gasteiger partial charge in [0.15, 0.2) is 5.60 Å². The average molecular weight is 226 g/mol. The van der Waals surface area contributed by atoms with Crippen LogP contribution in [0, 0.1) is 5.41 Å². The number of hydrogen-bond donors (Lipinski definition) is 0. The molecule has 1 aliphatic rings. The summed E-state index contributed by atoms with van der Waals surface area (Å²) in [5, 5.41) is 0. The van der Waals surface area contributed by atoms with E-state index in [0.29, 0.717) is 6.61 Å². The van der Waals surface area contributed by atoms with E-state index in [1.165, 1.54) is 0 Å². The maximum atomic E-state index is 11.8. The van der Waals surface area contributed by atoms with Crippen molar-refractivity contribution >= 4 is 5.97 Å². The van der Waals surface area contributed by atoms with E-state index in [1.54, 1.807) is 19.9 Å². The summed E-state index contributed by atoms with van der Waals surface area (Å²) in [6.45, 7) is 12.2. The summed E-state index contributed by atoms with van der Waals surface area (Å²) in [4.78, 5) is 11.8. The van der Waals surface area contributed by atoms with Crippen LogP contribution in [0.1, 0.15) is 41.5 Å². The lowest BCUT2D eigenvalue weighted by Crippen LogP contribution is -2.46. The highest BCUT2D eigenvalue weighted by atomic mass is 16.6.